The molecule has 3 heteroatoms. The summed E-state index contributed by atoms with van der Waals surface area (Å²) < 4.78 is 7.66. The van der Waals surface area contributed by atoms with Gasteiger partial charge in [-0.2, -0.15) is 0 Å². The lowest BCUT2D eigenvalue weighted by molar-refractivity contribution is 0.284. The van der Waals surface area contributed by atoms with Crippen molar-refractivity contribution in [1.29, 1.82) is 0 Å². The number of hydrogen-bond donors (Lipinski definition) is 0. The average molecular weight is 174 g/mol. The van der Waals surface area contributed by atoms with Crippen LogP contribution >= 0.6 is 0 Å². The fourth-order valence-electron chi connectivity index (χ4n) is 1.83. The quantitative estimate of drug-likeness (QED) is 0.607. The van der Waals surface area contributed by atoms with E-state index in [1.165, 1.54) is 5.69 Å². The molecule has 0 spiro atoms. The highest BCUT2D eigenvalue weighted by molar-refractivity contribution is 5.46. The van der Waals surface area contributed by atoms with E-state index in [9.17, 15) is 0 Å². The number of aryl methyl sites for hydroxylation is 1. The van der Waals surface area contributed by atoms with Crippen molar-refractivity contribution in [2.24, 2.45) is 0 Å². The van der Waals surface area contributed by atoms with E-state index in [-0.39, 0.29) is 0 Å². The Morgan fingerprint density at radius 3 is 3.38 bits per heavy atom. The second kappa shape index (κ2) is 2.49. The third-order valence-electron chi connectivity index (χ3n) is 2.44. The van der Waals surface area contributed by atoms with Crippen molar-refractivity contribution in [3.8, 4) is 5.75 Å². The number of fused-ring (bicyclic) bond motifs is 3. The molecule has 0 saturated heterocycles. The summed E-state index contributed by atoms with van der Waals surface area (Å²) in [5.74, 6) is 1.01. The Morgan fingerprint density at radius 2 is 2.38 bits per heavy atom. The van der Waals surface area contributed by atoms with Gasteiger partial charge in [0.05, 0.1) is 12.3 Å². The normalized spacial score (nSPS) is 15.4. The minimum Gasteiger partial charge on any atom is -0.492 e. The van der Waals surface area contributed by atoms with Gasteiger partial charge in [0.1, 0.15) is 11.4 Å². The molecule has 3 rings (SSSR count). The maximum Gasteiger partial charge on any atom is 0.139 e. The van der Waals surface area contributed by atoms with Gasteiger partial charge in [0.2, 0.25) is 0 Å². The van der Waals surface area contributed by atoms with Crippen LogP contribution in [0.4, 0.5) is 0 Å². The van der Waals surface area contributed by atoms with Crippen molar-refractivity contribution in [2.45, 2.75) is 12.8 Å². The highest BCUT2D eigenvalue weighted by atomic mass is 16.5. The number of nitrogens with zero attached hydrogens (tertiary/aromatic N) is 2. The molecule has 66 valence electrons. The highest BCUT2D eigenvalue weighted by Gasteiger charge is 2.12. The van der Waals surface area contributed by atoms with Crippen LogP contribution in [0.15, 0.2) is 24.5 Å². The number of imidazole rings is 1. The molecule has 3 heterocycles. The van der Waals surface area contributed by atoms with Gasteiger partial charge in [-0.1, -0.05) is 0 Å². The number of hydrogen-bond acceptors (Lipinski definition) is 2. The molecule has 2 aromatic rings. The molecule has 2 aromatic heterocycles. The lowest BCUT2D eigenvalue weighted by atomic mass is 10.1. The molecule has 13 heavy (non-hydrogen) atoms. The van der Waals surface area contributed by atoms with Crippen molar-refractivity contribution in [3.05, 3.63) is 30.2 Å². The lowest BCUT2D eigenvalue weighted by Crippen LogP contribution is -2.11. The molecule has 0 unspecified atom stereocenters. The molecule has 0 bridgehead atoms. The second-order valence-electron chi connectivity index (χ2n) is 3.25. The van der Waals surface area contributed by atoms with Crippen LogP contribution in [-0.4, -0.2) is 16.0 Å². The third-order valence-corrected chi connectivity index (χ3v) is 2.44. The van der Waals surface area contributed by atoms with Crippen LogP contribution in [0.25, 0.3) is 5.65 Å². The minimum absolute atomic E-state index is 0.840. The molecule has 0 aromatic carbocycles. The maximum atomic E-state index is 5.55. The minimum atomic E-state index is 0.840. The topological polar surface area (TPSA) is 26.5 Å². The summed E-state index contributed by atoms with van der Waals surface area (Å²) in [5, 5.41) is 0. The van der Waals surface area contributed by atoms with Gasteiger partial charge < -0.3 is 9.14 Å². The summed E-state index contributed by atoms with van der Waals surface area (Å²) in [7, 11) is 0. The van der Waals surface area contributed by atoms with E-state index >= 15 is 0 Å². The summed E-state index contributed by atoms with van der Waals surface area (Å²) in [6, 6.07) is 4.00. The molecule has 0 atom stereocenters. The molecule has 0 N–H and O–H groups in total. The zero-order valence-electron chi connectivity index (χ0n) is 7.23. The van der Waals surface area contributed by atoms with E-state index in [0.717, 1.165) is 30.8 Å². The van der Waals surface area contributed by atoms with Crippen molar-refractivity contribution < 1.29 is 4.74 Å². The van der Waals surface area contributed by atoms with Gasteiger partial charge in [0.25, 0.3) is 0 Å². The first-order valence-corrected chi connectivity index (χ1v) is 4.53. The Kier molecular flexibility index (Phi) is 1.33. The fourth-order valence-corrected chi connectivity index (χ4v) is 1.83. The van der Waals surface area contributed by atoms with E-state index < -0.39 is 0 Å². The van der Waals surface area contributed by atoms with Crippen LogP contribution in [0.5, 0.6) is 5.75 Å². The smallest absolute Gasteiger partial charge is 0.139 e. The van der Waals surface area contributed by atoms with Crippen molar-refractivity contribution in [3.63, 3.8) is 0 Å². The molecule has 0 fully saturated rings. The first kappa shape index (κ1) is 6.95. The molecule has 0 saturated carbocycles. The van der Waals surface area contributed by atoms with Gasteiger partial charge in [-0.3, -0.25) is 0 Å². The van der Waals surface area contributed by atoms with Gasteiger partial charge in [0.15, 0.2) is 0 Å². The standard InChI is InChI=1S/C10H10N2O/c1-2-8-9(13-7-1)3-4-10-11-5-6-12(8)10/h3-6H,1-2,7H2. The maximum absolute atomic E-state index is 5.55. The van der Waals surface area contributed by atoms with E-state index in [1.807, 2.05) is 24.5 Å². The van der Waals surface area contributed by atoms with Gasteiger partial charge in [-0.05, 0) is 25.0 Å². The van der Waals surface area contributed by atoms with E-state index in [4.69, 9.17) is 4.74 Å². The first-order chi connectivity index (χ1) is 6.45. The molecule has 0 radical (unpaired) electrons. The number of aromatic nitrogens is 2. The summed E-state index contributed by atoms with van der Waals surface area (Å²) in [6.45, 7) is 0.840. The van der Waals surface area contributed by atoms with Crippen LogP contribution in [0.3, 0.4) is 0 Å². The largest absolute Gasteiger partial charge is 0.492 e. The van der Waals surface area contributed by atoms with Gasteiger partial charge >= 0.3 is 0 Å². The highest BCUT2D eigenvalue weighted by Crippen LogP contribution is 2.25. The third kappa shape index (κ3) is 0.932. The van der Waals surface area contributed by atoms with Gasteiger partial charge in [-0.15, -0.1) is 0 Å². The van der Waals surface area contributed by atoms with Crippen LogP contribution in [0.1, 0.15) is 12.1 Å². The van der Waals surface area contributed by atoms with E-state index in [1.54, 1.807) is 0 Å². The number of pyridine rings is 1. The van der Waals surface area contributed by atoms with Crippen LogP contribution in [0.2, 0.25) is 0 Å². The molecule has 1 aliphatic rings. The SMILES string of the molecule is c1cn2c3c(ccc2n1)OCCC3. The number of ether oxygens (including phenoxy) is 1. The van der Waals surface area contributed by atoms with Crippen LogP contribution < -0.4 is 4.74 Å². The van der Waals surface area contributed by atoms with Crippen LogP contribution in [-0.2, 0) is 6.42 Å². The molecule has 0 amide bonds. The van der Waals surface area contributed by atoms with Gasteiger partial charge in [-0.25, -0.2) is 4.98 Å². The molecular weight excluding hydrogens is 164 g/mol. The van der Waals surface area contributed by atoms with Crippen molar-refractivity contribution in [2.75, 3.05) is 6.61 Å². The van der Waals surface area contributed by atoms with Gasteiger partial charge in [0, 0.05) is 12.4 Å². The Hall–Kier alpha value is -1.51. The van der Waals surface area contributed by atoms with E-state index in [0.29, 0.717) is 0 Å². The Bertz CT molecular complexity index is 447. The molecular formula is C10H10N2O. The molecule has 1 aliphatic heterocycles. The lowest BCUT2D eigenvalue weighted by Gasteiger charge is -2.17. The fraction of sp³-hybridized carbons (Fsp3) is 0.300. The Labute approximate surface area is 76.0 Å². The Balaban J connectivity index is 2.34. The zero-order chi connectivity index (χ0) is 8.67. The van der Waals surface area contributed by atoms with Crippen molar-refractivity contribution >= 4 is 5.65 Å². The van der Waals surface area contributed by atoms with Crippen LogP contribution in [0, 0.1) is 0 Å². The summed E-state index contributed by atoms with van der Waals surface area (Å²) in [5.41, 5.74) is 2.26. The first-order valence-electron chi connectivity index (χ1n) is 4.53. The predicted molar refractivity (Wildman–Crippen MR) is 49.0 cm³/mol. The Morgan fingerprint density at radius 1 is 1.38 bits per heavy atom. The monoisotopic (exact) mass is 174 g/mol. The average Bonchev–Trinajstić information content (AvgIpc) is 2.65. The summed E-state index contributed by atoms with van der Waals surface area (Å²) in [4.78, 5) is 4.23. The van der Waals surface area contributed by atoms with Crippen molar-refractivity contribution in [1.82, 2.24) is 9.38 Å². The van der Waals surface area contributed by atoms with E-state index in [2.05, 4.69) is 9.38 Å². The molecule has 3 nitrogen and oxygen atoms in total. The second-order valence-corrected chi connectivity index (χ2v) is 3.25. The zero-order valence-corrected chi connectivity index (χ0v) is 7.23. The predicted octanol–water partition coefficient (Wildman–Crippen LogP) is 1.66. The summed E-state index contributed by atoms with van der Waals surface area (Å²) >= 11 is 0. The summed E-state index contributed by atoms with van der Waals surface area (Å²) in [6.07, 6.45) is 6.00. The number of rotatable bonds is 0. The molecule has 0 aliphatic carbocycles.